The Hall–Kier alpha value is -2.11. The van der Waals surface area contributed by atoms with E-state index in [0.29, 0.717) is 27.7 Å². The van der Waals surface area contributed by atoms with E-state index in [-0.39, 0.29) is 10.8 Å². The van der Waals surface area contributed by atoms with Crippen LogP contribution in [-0.2, 0) is 0 Å². The summed E-state index contributed by atoms with van der Waals surface area (Å²) < 4.78 is 0. The summed E-state index contributed by atoms with van der Waals surface area (Å²) in [6.07, 6.45) is 1.43. The van der Waals surface area contributed by atoms with Crippen LogP contribution in [0.4, 0.5) is 11.5 Å². The molecule has 0 fully saturated rings. The molecule has 20 heavy (non-hydrogen) atoms. The van der Waals surface area contributed by atoms with Crippen LogP contribution in [0.2, 0.25) is 10.2 Å². The van der Waals surface area contributed by atoms with Gasteiger partial charge in [-0.1, -0.05) is 23.2 Å². The highest BCUT2D eigenvalue weighted by atomic mass is 35.5. The molecule has 0 bridgehead atoms. The van der Waals surface area contributed by atoms with Gasteiger partial charge >= 0.3 is 0 Å². The predicted octanol–water partition coefficient (Wildman–Crippen LogP) is 3.78. The van der Waals surface area contributed by atoms with Crippen LogP contribution in [0.25, 0.3) is 11.0 Å². The number of benzene rings is 1. The second kappa shape index (κ2) is 5.11. The Morgan fingerprint density at radius 1 is 1.05 bits per heavy atom. The van der Waals surface area contributed by atoms with Crippen LogP contribution in [0.3, 0.4) is 0 Å². The zero-order valence-corrected chi connectivity index (χ0v) is 11.5. The van der Waals surface area contributed by atoms with Crippen LogP contribution in [0.5, 0.6) is 5.75 Å². The maximum atomic E-state index is 9.40. The predicted molar refractivity (Wildman–Crippen MR) is 78.7 cm³/mol. The van der Waals surface area contributed by atoms with Gasteiger partial charge in [-0.3, -0.25) is 0 Å². The minimum Gasteiger partial charge on any atom is -0.506 e. The van der Waals surface area contributed by atoms with E-state index in [2.05, 4.69) is 20.3 Å². The van der Waals surface area contributed by atoms with Crippen molar-refractivity contribution >= 4 is 45.7 Å². The first kappa shape index (κ1) is 12.9. The molecule has 2 aromatic heterocycles. The van der Waals surface area contributed by atoms with E-state index < -0.39 is 0 Å². The highest BCUT2D eigenvalue weighted by Gasteiger charge is 2.07. The first-order valence-corrected chi connectivity index (χ1v) is 6.42. The van der Waals surface area contributed by atoms with Crippen LogP contribution in [0, 0.1) is 0 Å². The molecule has 2 N–H and O–H groups in total. The average Bonchev–Trinajstić information content (AvgIpc) is 2.44. The number of aromatic nitrogens is 3. The van der Waals surface area contributed by atoms with Gasteiger partial charge in [-0.05, 0) is 30.3 Å². The first-order valence-electron chi connectivity index (χ1n) is 5.66. The zero-order valence-electron chi connectivity index (χ0n) is 10.0. The van der Waals surface area contributed by atoms with Gasteiger partial charge in [-0.15, -0.1) is 0 Å². The molecule has 1 aromatic carbocycles. The Kier molecular flexibility index (Phi) is 3.30. The van der Waals surface area contributed by atoms with Crippen molar-refractivity contribution < 1.29 is 5.11 Å². The van der Waals surface area contributed by atoms with Crippen LogP contribution in [-0.4, -0.2) is 20.1 Å². The quantitative estimate of drug-likeness (QED) is 0.557. The fourth-order valence-corrected chi connectivity index (χ4v) is 2.06. The van der Waals surface area contributed by atoms with Crippen molar-refractivity contribution in [3.8, 4) is 5.75 Å². The number of anilines is 2. The molecular formula is C13H8Cl2N4O. The number of hydrogen-bond acceptors (Lipinski definition) is 5. The van der Waals surface area contributed by atoms with Gasteiger partial charge < -0.3 is 10.4 Å². The number of pyridine rings is 1. The Morgan fingerprint density at radius 2 is 1.90 bits per heavy atom. The van der Waals surface area contributed by atoms with Crippen molar-refractivity contribution in [3.63, 3.8) is 0 Å². The lowest BCUT2D eigenvalue weighted by molar-refractivity contribution is 0.475. The van der Waals surface area contributed by atoms with Crippen molar-refractivity contribution in [2.24, 2.45) is 0 Å². The summed E-state index contributed by atoms with van der Waals surface area (Å²) in [4.78, 5) is 12.5. The molecule has 0 saturated carbocycles. The molecule has 0 amide bonds. The summed E-state index contributed by atoms with van der Waals surface area (Å²) in [7, 11) is 0. The fourth-order valence-electron chi connectivity index (χ4n) is 1.73. The van der Waals surface area contributed by atoms with Gasteiger partial charge in [0.05, 0.1) is 10.5 Å². The van der Waals surface area contributed by atoms with E-state index in [0.717, 1.165) is 0 Å². The minimum absolute atomic E-state index is 0.0194. The standard InChI is InChI=1S/C13H8Cl2N4O/c14-8-5-7(1-3-10(8)20)18-13-12-9(16-6-17-13)2-4-11(15)19-12/h1-6,20H,(H,16,17,18). The number of nitrogens with one attached hydrogen (secondary N) is 1. The van der Waals surface area contributed by atoms with E-state index in [4.69, 9.17) is 23.2 Å². The van der Waals surface area contributed by atoms with E-state index in [1.54, 1.807) is 24.3 Å². The number of phenols is 1. The van der Waals surface area contributed by atoms with Gasteiger partial charge in [0.1, 0.15) is 22.7 Å². The van der Waals surface area contributed by atoms with E-state index in [1.807, 2.05) is 0 Å². The molecule has 100 valence electrons. The Balaban J connectivity index is 2.05. The minimum atomic E-state index is 0.0194. The first-order chi connectivity index (χ1) is 9.63. The molecule has 0 spiro atoms. The van der Waals surface area contributed by atoms with E-state index >= 15 is 0 Å². The third-order valence-electron chi connectivity index (χ3n) is 2.66. The van der Waals surface area contributed by atoms with Gasteiger partial charge in [-0.2, -0.15) is 0 Å². The topological polar surface area (TPSA) is 70.9 Å². The smallest absolute Gasteiger partial charge is 0.160 e. The van der Waals surface area contributed by atoms with E-state index in [9.17, 15) is 5.11 Å². The second-order valence-electron chi connectivity index (χ2n) is 4.02. The van der Waals surface area contributed by atoms with Gasteiger partial charge in [0, 0.05) is 5.69 Å². The molecular weight excluding hydrogens is 299 g/mol. The number of fused-ring (bicyclic) bond motifs is 1. The summed E-state index contributed by atoms with van der Waals surface area (Å²) in [5.41, 5.74) is 1.91. The van der Waals surface area contributed by atoms with Gasteiger partial charge in [0.25, 0.3) is 0 Å². The molecule has 3 rings (SSSR count). The number of halogens is 2. The number of nitrogens with zero attached hydrogens (tertiary/aromatic N) is 3. The molecule has 0 aliphatic heterocycles. The normalized spacial score (nSPS) is 10.7. The highest BCUT2D eigenvalue weighted by Crippen LogP contribution is 2.29. The van der Waals surface area contributed by atoms with Crippen molar-refractivity contribution in [2.75, 3.05) is 5.32 Å². The lowest BCUT2D eigenvalue weighted by Gasteiger charge is -2.08. The van der Waals surface area contributed by atoms with Crippen LogP contribution in [0.15, 0.2) is 36.7 Å². The summed E-state index contributed by atoms with van der Waals surface area (Å²) in [5, 5.41) is 13.1. The van der Waals surface area contributed by atoms with Gasteiger partial charge in [0.2, 0.25) is 0 Å². The molecule has 5 nitrogen and oxygen atoms in total. The van der Waals surface area contributed by atoms with Crippen molar-refractivity contribution in [3.05, 3.63) is 46.8 Å². The molecule has 0 unspecified atom stereocenters. The number of phenolic OH excluding ortho intramolecular Hbond substituents is 1. The molecule has 0 aliphatic carbocycles. The summed E-state index contributed by atoms with van der Waals surface area (Å²) in [6, 6.07) is 8.20. The largest absolute Gasteiger partial charge is 0.506 e. The number of rotatable bonds is 2. The molecule has 0 saturated heterocycles. The molecule has 7 heteroatoms. The van der Waals surface area contributed by atoms with Crippen LogP contribution >= 0.6 is 23.2 Å². The Morgan fingerprint density at radius 3 is 2.70 bits per heavy atom. The fraction of sp³-hybridized carbons (Fsp3) is 0. The SMILES string of the molecule is Oc1ccc(Nc2ncnc3ccc(Cl)nc23)cc1Cl. The third-order valence-corrected chi connectivity index (χ3v) is 3.17. The van der Waals surface area contributed by atoms with Crippen LogP contribution in [0.1, 0.15) is 0 Å². The molecule has 3 aromatic rings. The summed E-state index contributed by atoms with van der Waals surface area (Å²) >= 11 is 11.8. The lowest BCUT2D eigenvalue weighted by atomic mass is 10.3. The maximum Gasteiger partial charge on any atom is 0.160 e. The van der Waals surface area contributed by atoms with E-state index in [1.165, 1.54) is 12.4 Å². The summed E-state index contributed by atoms with van der Waals surface area (Å²) in [5.74, 6) is 0.533. The summed E-state index contributed by atoms with van der Waals surface area (Å²) in [6.45, 7) is 0. The molecule has 0 radical (unpaired) electrons. The second-order valence-corrected chi connectivity index (χ2v) is 4.81. The average molecular weight is 307 g/mol. The van der Waals surface area contributed by atoms with Crippen LogP contribution < -0.4 is 5.32 Å². The maximum absolute atomic E-state index is 9.40. The highest BCUT2D eigenvalue weighted by molar-refractivity contribution is 6.32. The lowest BCUT2D eigenvalue weighted by Crippen LogP contribution is -1.97. The van der Waals surface area contributed by atoms with Gasteiger partial charge in [0.15, 0.2) is 5.82 Å². The van der Waals surface area contributed by atoms with Gasteiger partial charge in [-0.25, -0.2) is 15.0 Å². The third kappa shape index (κ3) is 2.45. The molecule has 0 aliphatic rings. The Bertz CT molecular complexity index is 794. The monoisotopic (exact) mass is 306 g/mol. The number of hydrogen-bond donors (Lipinski definition) is 2. The van der Waals surface area contributed by atoms with Crippen molar-refractivity contribution in [1.29, 1.82) is 0 Å². The van der Waals surface area contributed by atoms with Crippen molar-refractivity contribution in [1.82, 2.24) is 15.0 Å². The Labute approximate surface area is 124 Å². The zero-order chi connectivity index (χ0) is 14.1. The molecule has 2 heterocycles. The molecule has 0 atom stereocenters. The number of aromatic hydroxyl groups is 1. The van der Waals surface area contributed by atoms with Crippen molar-refractivity contribution in [2.45, 2.75) is 0 Å².